The third-order valence-corrected chi connectivity index (χ3v) is 4.10. The summed E-state index contributed by atoms with van der Waals surface area (Å²) in [6, 6.07) is 4.84. The Hall–Kier alpha value is -0.330. The van der Waals surface area contributed by atoms with Crippen LogP contribution in [0.1, 0.15) is 5.56 Å². The van der Waals surface area contributed by atoms with Crippen molar-refractivity contribution in [3.8, 4) is 0 Å². The molecule has 0 aliphatic rings. The fraction of sp³-hybridized carbons (Fsp3) is 0.400. The number of hydrazine groups is 1. The summed E-state index contributed by atoms with van der Waals surface area (Å²) in [6.07, 6.45) is 1.57. The normalized spacial score (nSPS) is 13.6. The van der Waals surface area contributed by atoms with Crippen LogP contribution in [0.2, 0.25) is 10.0 Å². The molecular weight excluding hydrogens is 283 g/mol. The topological polar surface area (TPSA) is 72.2 Å². The highest BCUT2D eigenvalue weighted by atomic mass is 35.5. The number of nitrogens with one attached hydrogen (secondary N) is 1. The predicted molar refractivity (Wildman–Crippen MR) is 71.0 cm³/mol. The fourth-order valence-electron chi connectivity index (χ4n) is 1.50. The molecule has 1 atom stereocenters. The number of rotatable bonds is 5. The zero-order valence-corrected chi connectivity index (χ0v) is 11.6. The van der Waals surface area contributed by atoms with Crippen LogP contribution in [-0.2, 0) is 16.3 Å². The zero-order chi connectivity index (χ0) is 13.1. The van der Waals surface area contributed by atoms with Gasteiger partial charge in [-0.05, 0) is 18.1 Å². The van der Waals surface area contributed by atoms with E-state index in [0.29, 0.717) is 16.5 Å². The third-order valence-electron chi connectivity index (χ3n) is 2.24. The summed E-state index contributed by atoms with van der Waals surface area (Å²) in [5.74, 6) is 5.28. The quantitative estimate of drug-likeness (QED) is 0.637. The average molecular weight is 297 g/mol. The number of benzene rings is 1. The van der Waals surface area contributed by atoms with Gasteiger partial charge in [0.25, 0.3) is 0 Å². The summed E-state index contributed by atoms with van der Waals surface area (Å²) in [5, 5.41) is 0.877. The molecule has 4 nitrogen and oxygen atoms in total. The van der Waals surface area contributed by atoms with Gasteiger partial charge in [-0.15, -0.1) is 0 Å². The molecule has 0 saturated carbocycles. The molecule has 1 unspecified atom stereocenters. The van der Waals surface area contributed by atoms with Crippen molar-refractivity contribution >= 4 is 33.0 Å². The molecule has 0 aliphatic carbocycles. The van der Waals surface area contributed by atoms with Crippen molar-refractivity contribution in [1.29, 1.82) is 0 Å². The van der Waals surface area contributed by atoms with E-state index in [2.05, 4.69) is 5.43 Å². The maximum Gasteiger partial charge on any atom is 0.149 e. The van der Waals surface area contributed by atoms with Crippen molar-refractivity contribution in [2.75, 3.05) is 12.0 Å². The molecule has 0 fully saturated rings. The molecule has 0 aliphatic heterocycles. The number of sulfone groups is 1. The molecule has 1 rings (SSSR count). The third kappa shape index (κ3) is 4.81. The van der Waals surface area contributed by atoms with Gasteiger partial charge < -0.3 is 0 Å². The zero-order valence-electron chi connectivity index (χ0n) is 9.28. The first-order valence-electron chi connectivity index (χ1n) is 4.90. The lowest BCUT2D eigenvalue weighted by molar-refractivity contribution is 0.546. The van der Waals surface area contributed by atoms with E-state index in [1.54, 1.807) is 18.2 Å². The Morgan fingerprint density at radius 1 is 1.41 bits per heavy atom. The minimum atomic E-state index is -3.10. The summed E-state index contributed by atoms with van der Waals surface area (Å²) in [7, 11) is -3.10. The molecule has 0 spiro atoms. The van der Waals surface area contributed by atoms with Gasteiger partial charge >= 0.3 is 0 Å². The molecule has 7 heteroatoms. The first-order chi connectivity index (χ1) is 7.83. The monoisotopic (exact) mass is 296 g/mol. The number of hydrogen-bond acceptors (Lipinski definition) is 4. The highest BCUT2D eigenvalue weighted by Crippen LogP contribution is 2.26. The maximum atomic E-state index is 11.2. The van der Waals surface area contributed by atoms with E-state index in [1.165, 1.54) is 0 Å². The second kappa shape index (κ2) is 6.02. The SMILES string of the molecule is CS(=O)(=O)CC(Cc1cccc(Cl)c1Cl)NN. The number of nitrogens with two attached hydrogens (primary N) is 1. The minimum absolute atomic E-state index is 0.0493. The van der Waals surface area contributed by atoms with Crippen molar-refractivity contribution in [3.63, 3.8) is 0 Å². The molecule has 1 aromatic carbocycles. The molecule has 0 radical (unpaired) electrons. The van der Waals surface area contributed by atoms with E-state index in [-0.39, 0.29) is 11.8 Å². The second-order valence-corrected chi connectivity index (χ2v) is 6.84. The minimum Gasteiger partial charge on any atom is -0.271 e. The summed E-state index contributed by atoms with van der Waals surface area (Å²) >= 11 is 11.9. The molecule has 0 amide bonds. The van der Waals surface area contributed by atoms with Gasteiger partial charge in [0.2, 0.25) is 0 Å². The van der Waals surface area contributed by atoms with Gasteiger partial charge in [0, 0.05) is 12.3 Å². The van der Waals surface area contributed by atoms with Crippen molar-refractivity contribution in [3.05, 3.63) is 33.8 Å². The molecule has 0 aromatic heterocycles. The Morgan fingerprint density at radius 2 is 2.06 bits per heavy atom. The van der Waals surface area contributed by atoms with Gasteiger partial charge in [-0.2, -0.15) is 0 Å². The van der Waals surface area contributed by atoms with Crippen LogP contribution in [0.4, 0.5) is 0 Å². The Morgan fingerprint density at radius 3 is 2.59 bits per heavy atom. The van der Waals surface area contributed by atoms with E-state index in [1.807, 2.05) is 0 Å². The summed E-state index contributed by atoms with van der Waals surface area (Å²) in [5.41, 5.74) is 3.24. The standard InChI is InChI=1S/C10H14Cl2N2O2S/c1-17(15,16)6-8(14-13)5-7-3-2-4-9(11)10(7)12/h2-4,8,14H,5-6,13H2,1H3. The van der Waals surface area contributed by atoms with Crippen LogP contribution in [0, 0.1) is 0 Å². The van der Waals surface area contributed by atoms with Crippen molar-refractivity contribution in [2.24, 2.45) is 5.84 Å². The van der Waals surface area contributed by atoms with E-state index >= 15 is 0 Å². The number of hydrogen-bond donors (Lipinski definition) is 2. The molecule has 0 heterocycles. The van der Waals surface area contributed by atoms with Crippen LogP contribution >= 0.6 is 23.2 Å². The predicted octanol–water partition coefficient (Wildman–Crippen LogP) is 1.41. The second-order valence-electron chi connectivity index (χ2n) is 3.87. The lowest BCUT2D eigenvalue weighted by Crippen LogP contribution is -2.41. The summed E-state index contributed by atoms with van der Waals surface area (Å²) < 4.78 is 22.4. The maximum absolute atomic E-state index is 11.2. The molecule has 0 bridgehead atoms. The van der Waals surface area contributed by atoms with Crippen LogP contribution in [0.5, 0.6) is 0 Å². The fourth-order valence-corrected chi connectivity index (χ4v) is 2.85. The van der Waals surface area contributed by atoms with Gasteiger partial charge in [-0.3, -0.25) is 11.3 Å². The van der Waals surface area contributed by atoms with Crippen LogP contribution in [-0.4, -0.2) is 26.5 Å². The van der Waals surface area contributed by atoms with Gasteiger partial charge in [-0.25, -0.2) is 8.42 Å². The summed E-state index contributed by atoms with van der Waals surface area (Å²) in [4.78, 5) is 0. The molecular formula is C10H14Cl2N2O2S. The Kier molecular flexibility index (Phi) is 5.22. The van der Waals surface area contributed by atoms with Crippen molar-refractivity contribution < 1.29 is 8.42 Å². The van der Waals surface area contributed by atoms with Gasteiger partial charge in [0.05, 0.1) is 15.8 Å². The van der Waals surface area contributed by atoms with Gasteiger partial charge in [0.15, 0.2) is 0 Å². The van der Waals surface area contributed by atoms with Crippen molar-refractivity contribution in [2.45, 2.75) is 12.5 Å². The summed E-state index contributed by atoms with van der Waals surface area (Å²) in [6.45, 7) is 0. The lowest BCUT2D eigenvalue weighted by Gasteiger charge is -2.15. The lowest BCUT2D eigenvalue weighted by atomic mass is 10.1. The first-order valence-corrected chi connectivity index (χ1v) is 7.72. The Bertz CT molecular complexity index is 491. The van der Waals surface area contributed by atoms with Crippen LogP contribution in [0.15, 0.2) is 18.2 Å². The number of halogens is 2. The van der Waals surface area contributed by atoms with Gasteiger partial charge in [0.1, 0.15) is 9.84 Å². The largest absolute Gasteiger partial charge is 0.271 e. The Labute approximate surface area is 111 Å². The molecule has 1 aromatic rings. The first kappa shape index (κ1) is 14.7. The highest BCUT2D eigenvalue weighted by Gasteiger charge is 2.16. The van der Waals surface area contributed by atoms with Crippen molar-refractivity contribution in [1.82, 2.24) is 5.43 Å². The van der Waals surface area contributed by atoms with Crippen LogP contribution < -0.4 is 11.3 Å². The molecule has 17 heavy (non-hydrogen) atoms. The van der Waals surface area contributed by atoms with E-state index in [0.717, 1.165) is 11.8 Å². The molecule has 3 N–H and O–H groups in total. The van der Waals surface area contributed by atoms with E-state index in [9.17, 15) is 8.42 Å². The van der Waals surface area contributed by atoms with Crippen LogP contribution in [0.3, 0.4) is 0 Å². The molecule has 96 valence electrons. The van der Waals surface area contributed by atoms with Crippen LogP contribution in [0.25, 0.3) is 0 Å². The van der Waals surface area contributed by atoms with Gasteiger partial charge in [-0.1, -0.05) is 35.3 Å². The highest BCUT2D eigenvalue weighted by molar-refractivity contribution is 7.90. The van der Waals surface area contributed by atoms with E-state index < -0.39 is 9.84 Å². The Balaban J connectivity index is 2.85. The molecule has 0 saturated heterocycles. The smallest absolute Gasteiger partial charge is 0.149 e. The average Bonchev–Trinajstić information content (AvgIpc) is 2.21. The van der Waals surface area contributed by atoms with E-state index in [4.69, 9.17) is 29.0 Å².